The third kappa shape index (κ3) is 7.46. The Morgan fingerprint density at radius 3 is 2.57 bits per heavy atom. The van der Waals surface area contributed by atoms with Crippen molar-refractivity contribution in [3.63, 3.8) is 0 Å². The lowest BCUT2D eigenvalue weighted by molar-refractivity contribution is -0.0396. The van der Waals surface area contributed by atoms with Crippen LogP contribution in [-0.4, -0.2) is 79.0 Å². The fourth-order valence-corrected chi connectivity index (χ4v) is 6.03. The normalized spacial score (nSPS) is 22.7. The van der Waals surface area contributed by atoms with Crippen molar-refractivity contribution < 1.29 is 19.1 Å². The Morgan fingerprint density at radius 2 is 1.97 bits per heavy atom. The summed E-state index contributed by atoms with van der Waals surface area (Å²) < 4.78 is 15.1. The zero-order chi connectivity index (χ0) is 27.6. The molecule has 1 aromatic rings. The van der Waals surface area contributed by atoms with Gasteiger partial charge in [0.2, 0.25) is 0 Å². The molecular weight excluding hydrogens is 484 g/mol. The first-order chi connectivity index (χ1) is 17.1. The van der Waals surface area contributed by atoms with Crippen molar-refractivity contribution in [2.45, 2.75) is 104 Å². The first-order valence-electron chi connectivity index (χ1n) is 13.8. The average Bonchev–Trinajstić information content (AvgIpc) is 3.22. The van der Waals surface area contributed by atoms with Gasteiger partial charge in [-0.3, -0.25) is 0 Å². The second-order valence-electron chi connectivity index (χ2n) is 13.2. The van der Waals surface area contributed by atoms with Crippen LogP contribution in [0.25, 0.3) is 5.57 Å². The smallest absolute Gasteiger partial charge is 0.407 e. The summed E-state index contributed by atoms with van der Waals surface area (Å²) in [6.45, 7) is 18.8. The molecule has 0 aromatic carbocycles. The van der Waals surface area contributed by atoms with E-state index in [1.165, 1.54) is 10.5 Å². The lowest BCUT2D eigenvalue weighted by Crippen LogP contribution is -2.48. The summed E-state index contributed by atoms with van der Waals surface area (Å²) in [7, 11) is 1.69. The van der Waals surface area contributed by atoms with Crippen molar-refractivity contribution in [3.8, 4) is 0 Å². The van der Waals surface area contributed by atoms with Gasteiger partial charge in [0.15, 0.2) is 8.32 Å². The molecule has 2 atom stereocenters. The van der Waals surface area contributed by atoms with Gasteiger partial charge < -0.3 is 24.1 Å². The minimum Gasteiger partial charge on any atom is -0.465 e. The highest BCUT2D eigenvalue weighted by Gasteiger charge is 2.43. The maximum Gasteiger partial charge on any atom is 0.407 e. The number of allylic oxidation sites excluding steroid dienone is 1. The number of ether oxygens (including phenoxy) is 1. The molecule has 9 heteroatoms. The Hall–Kier alpha value is -1.68. The number of carbonyl (C=O) groups is 1. The van der Waals surface area contributed by atoms with Gasteiger partial charge in [0.25, 0.3) is 0 Å². The van der Waals surface area contributed by atoms with Crippen LogP contribution in [0.1, 0.15) is 84.2 Å². The highest BCUT2D eigenvalue weighted by molar-refractivity contribution is 6.74. The number of hydrogen-bond donors (Lipinski definition) is 1. The largest absolute Gasteiger partial charge is 0.465 e. The minimum atomic E-state index is -1.95. The first kappa shape index (κ1) is 29.9. The molecule has 0 spiro atoms. The van der Waals surface area contributed by atoms with Crippen molar-refractivity contribution in [2.75, 3.05) is 33.8 Å². The molecule has 2 aliphatic rings. The zero-order valence-electron chi connectivity index (χ0n) is 24.6. The standard InChI is InChI=1S/C28H50N4O4Si/c1-27(2,3)37(8,9)36-23-18-21(13-14-28(23,4)5)25-22(19-30(6)15-16-31(7)26(33)34)20-32(29-25)24-12-10-11-17-35-24/h18,20,23-24H,10-17,19H2,1-9H3,(H,33,34). The van der Waals surface area contributed by atoms with E-state index in [-0.39, 0.29) is 22.8 Å². The lowest BCUT2D eigenvalue weighted by atomic mass is 9.75. The Kier molecular flexibility index (Phi) is 9.36. The fourth-order valence-electron chi connectivity index (χ4n) is 4.66. The van der Waals surface area contributed by atoms with Gasteiger partial charge in [-0.2, -0.15) is 5.10 Å². The van der Waals surface area contributed by atoms with Crippen molar-refractivity contribution in [2.24, 2.45) is 5.41 Å². The van der Waals surface area contributed by atoms with Gasteiger partial charge in [-0.05, 0) is 68.3 Å². The molecule has 1 aromatic heterocycles. The van der Waals surface area contributed by atoms with E-state index >= 15 is 0 Å². The topological polar surface area (TPSA) is 80.1 Å². The molecule has 1 aliphatic carbocycles. The fraction of sp³-hybridized carbons (Fsp3) is 0.786. The predicted octanol–water partition coefficient (Wildman–Crippen LogP) is 6.22. The van der Waals surface area contributed by atoms with Gasteiger partial charge >= 0.3 is 6.09 Å². The summed E-state index contributed by atoms with van der Waals surface area (Å²) in [4.78, 5) is 14.7. The Labute approximate surface area is 225 Å². The summed E-state index contributed by atoms with van der Waals surface area (Å²) in [6.07, 6.45) is 8.84. The quantitative estimate of drug-likeness (QED) is 0.379. The number of amides is 1. The molecule has 0 saturated carbocycles. The Bertz CT molecular complexity index is 960. The summed E-state index contributed by atoms with van der Waals surface area (Å²) in [6, 6.07) is 0. The highest BCUT2D eigenvalue weighted by Crippen LogP contribution is 2.45. The number of hydrogen-bond acceptors (Lipinski definition) is 5. The van der Waals surface area contributed by atoms with Crippen LogP contribution in [0.15, 0.2) is 12.3 Å². The Morgan fingerprint density at radius 1 is 1.27 bits per heavy atom. The molecule has 1 N–H and O–H groups in total. The molecule has 210 valence electrons. The summed E-state index contributed by atoms with van der Waals surface area (Å²) in [5, 5.41) is 14.5. The Balaban J connectivity index is 1.91. The summed E-state index contributed by atoms with van der Waals surface area (Å²) in [5.41, 5.74) is 3.51. The van der Waals surface area contributed by atoms with Crippen LogP contribution >= 0.6 is 0 Å². The summed E-state index contributed by atoms with van der Waals surface area (Å²) in [5.74, 6) is 0. The summed E-state index contributed by atoms with van der Waals surface area (Å²) >= 11 is 0. The monoisotopic (exact) mass is 534 g/mol. The third-order valence-corrected chi connectivity index (χ3v) is 13.0. The zero-order valence-corrected chi connectivity index (χ0v) is 25.6. The van der Waals surface area contributed by atoms with E-state index in [4.69, 9.17) is 14.3 Å². The van der Waals surface area contributed by atoms with Crippen molar-refractivity contribution >= 4 is 20.0 Å². The molecule has 2 unspecified atom stereocenters. The van der Waals surface area contributed by atoms with Crippen molar-refractivity contribution in [1.29, 1.82) is 0 Å². The van der Waals surface area contributed by atoms with E-state index < -0.39 is 14.4 Å². The van der Waals surface area contributed by atoms with Crippen molar-refractivity contribution in [1.82, 2.24) is 19.6 Å². The van der Waals surface area contributed by atoms with E-state index in [2.05, 4.69) is 64.9 Å². The molecule has 0 bridgehead atoms. The van der Waals surface area contributed by atoms with Crippen molar-refractivity contribution in [3.05, 3.63) is 23.5 Å². The van der Waals surface area contributed by atoms with Gasteiger partial charge in [-0.25, -0.2) is 9.48 Å². The van der Waals surface area contributed by atoms with Gasteiger partial charge in [-0.1, -0.05) is 40.7 Å². The number of likely N-dealkylation sites (N-methyl/N-ethyl adjacent to an activating group) is 2. The number of rotatable bonds is 9. The van der Waals surface area contributed by atoms with Gasteiger partial charge in [0.1, 0.15) is 6.23 Å². The molecule has 37 heavy (non-hydrogen) atoms. The van der Waals surface area contributed by atoms with E-state index in [1.807, 2.05) is 11.7 Å². The molecule has 8 nitrogen and oxygen atoms in total. The molecule has 0 radical (unpaired) electrons. The van der Waals surface area contributed by atoms with Crippen LogP contribution in [0.2, 0.25) is 18.1 Å². The van der Waals surface area contributed by atoms with Gasteiger partial charge in [0, 0.05) is 45.0 Å². The molecule has 3 rings (SSSR count). The molecule has 1 amide bonds. The van der Waals surface area contributed by atoms with E-state index in [9.17, 15) is 9.90 Å². The number of carboxylic acid groups (broad SMARTS) is 1. The van der Waals surface area contributed by atoms with E-state index in [0.717, 1.165) is 50.0 Å². The third-order valence-electron chi connectivity index (χ3n) is 8.54. The average molecular weight is 535 g/mol. The van der Waals surface area contributed by atoms with Crippen LogP contribution < -0.4 is 0 Å². The second-order valence-corrected chi connectivity index (χ2v) is 18.0. The first-order valence-corrected chi connectivity index (χ1v) is 16.7. The van der Waals surface area contributed by atoms with Crippen LogP contribution in [0.4, 0.5) is 4.79 Å². The molecular formula is C28H50N4O4Si. The molecule has 1 fully saturated rings. The highest BCUT2D eigenvalue weighted by atomic mass is 28.4. The van der Waals surface area contributed by atoms with Crippen LogP contribution in [0.3, 0.4) is 0 Å². The minimum absolute atomic E-state index is 0.0235. The molecule has 2 heterocycles. The lowest BCUT2D eigenvalue weighted by Gasteiger charge is -2.45. The van der Waals surface area contributed by atoms with Gasteiger partial charge in [-0.15, -0.1) is 0 Å². The number of nitrogens with zero attached hydrogens (tertiary/aromatic N) is 4. The van der Waals surface area contributed by atoms with Crippen LogP contribution in [0, 0.1) is 5.41 Å². The predicted molar refractivity (Wildman–Crippen MR) is 151 cm³/mol. The van der Waals surface area contributed by atoms with E-state index in [1.54, 1.807) is 7.05 Å². The molecule has 1 aliphatic heterocycles. The molecule has 1 saturated heterocycles. The van der Waals surface area contributed by atoms with E-state index in [0.29, 0.717) is 19.6 Å². The maximum absolute atomic E-state index is 11.2. The maximum atomic E-state index is 11.2. The van der Waals surface area contributed by atoms with Gasteiger partial charge in [0.05, 0.1) is 11.8 Å². The number of aromatic nitrogens is 2. The second kappa shape index (κ2) is 11.6. The van der Waals surface area contributed by atoms with Crippen LogP contribution in [0.5, 0.6) is 0 Å². The van der Waals surface area contributed by atoms with Crippen LogP contribution in [-0.2, 0) is 15.7 Å². The SMILES string of the molecule is CN(CCN(C)C(=O)O)Cc1cn(C2CCCCO2)nc1C1=CC(O[Si](C)(C)C(C)(C)C)C(C)(C)CC1.